The van der Waals surface area contributed by atoms with E-state index in [0.29, 0.717) is 10.8 Å². The van der Waals surface area contributed by atoms with Gasteiger partial charge in [0, 0.05) is 24.2 Å². The average molecular weight is 181 g/mol. The number of hydrogen-bond acceptors (Lipinski definition) is 3. The fourth-order valence-corrected chi connectivity index (χ4v) is 1.11. The molecule has 0 fully saturated rings. The highest BCUT2D eigenvalue weighted by molar-refractivity contribution is 6.31. The third kappa shape index (κ3) is 1.16. The molecule has 0 radical (unpaired) electrons. The van der Waals surface area contributed by atoms with E-state index in [0.717, 1.165) is 5.56 Å². The molecule has 1 N–H and O–H groups in total. The van der Waals surface area contributed by atoms with Crippen molar-refractivity contribution in [2.24, 2.45) is 0 Å². The Morgan fingerprint density at radius 2 is 2.08 bits per heavy atom. The molecule has 0 saturated heterocycles. The largest absolute Gasteiger partial charge is 0.285 e. The van der Waals surface area contributed by atoms with Crippen LogP contribution in [0.1, 0.15) is 0 Å². The standard InChI is InChI=1S/C7H5ClN4/c8-7-6(9-1-2-10-7)5-3-11-12-4-5/h1-4H,(H,11,12). The highest BCUT2D eigenvalue weighted by atomic mass is 35.5. The van der Waals surface area contributed by atoms with Gasteiger partial charge in [-0.25, -0.2) is 4.98 Å². The van der Waals surface area contributed by atoms with Gasteiger partial charge in [0.15, 0.2) is 5.15 Å². The van der Waals surface area contributed by atoms with Crippen LogP contribution in [0.15, 0.2) is 24.8 Å². The maximum atomic E-state index is 5.80. The number of nitrogens with one attached hydrogen (secondary N) is 1. The van der Waals surface area contributed by atoms with E-state index in [9.17, 15) is 0 Å². The van der Waals surface area contributed by atoms with Gasteiger partial charge in [-0.2, -0.15) is 5.10 Å². The molecule has 12 heavy (non-hydrogen) atoms. The number of aromatic amines is 1. The number of nitrogens with zero attached hydrogens (tertiary/aromatic N) is 3. The molecular weight excluding hydrogens is 176 g/mol. The predicted octanol–water partition coefficient (Wildman–Crippen LogP) is 1.52. The van der Waals surface area contributed by atoms with E-state index >= 15 is 0 Å². The zero-order valence-electron chi connectivity index (χ0n) is 6.03. The van der Waals surface area contributed by atoms with Gasteiger partial charge in [0.05, 0.1) is 6.20 Å². The lowest BCUT2D eigenvalue weighted by molar-refractivity contribution is 1.09. The molecule has 2 aromatic rings. The van der Waals surface area contributed by atoms with Gasteiger partial charge < -0.3 is 0 Å². The molecule has 0 saturated carbocycles. The summed E-state index contributed by atoms with van der Waals surface area (Å²) in [6.07, 6.45) is 6.51. The van der Waals surface area contributed by atoms with Gasteiger partial charge in [-0.3, -0.25) is 10.1 Å². The van der Waals surface area contributed by atoms with E-state index in [2.05, 4.69) is 20.2 Å². The number of halogens is 1. The number of rotatable bonds is 1. The summed E-state index contributed by atoms with van der Waals surface area (Å²) >= 11 is 5.80. The number of hydrogen-bond donors (Lipinski definition) is 1. The van der Waals surface area contributed by atoms with E-state index < -0.39 is 0 Å². The first-order chi connectivity index (χ1) is 5.88. The molecule has 0 atom stereocenters. The van der Waals surface area contributed by atoms with Gasteiger partial charge in [0.2, 0.25) is 0 Å². The Morgan fingerprint density at radius 3 is 2.75 bits per heavy atom. The highest BCUT2D eigenvalue weighted by Crippen LogP contribution is 2.21. The minimum atomic E-state index is 0.388. The number of aromatic nitrogens is 4. The van der Waals surface area contributed by atoms with Crippen molar-refractivity contribution in [1.29, 1.82) is 0 Å². The molecular formula is C7H5ClN4. The summed E-state index contributed by atoms with van der Waals surface area (Å²) in [7, 11) is 0. The molecule has 5 heteroatoms. The molecule has 0 aliphatic carbocycles. The lowest BCUT2D eigenvalue weighted by atomic mass is 10.3. The normalized spacial score (nSPS) is 10.1. The predicted molar refractivity (Wildman–Crippen MR) is 44.6 cm³/mol. The minimum Gasteiger partial charge on any atom is -0.285 e. The smallest absolute Gasteiger partial charge is 0.155 e. The van der Waals surface area contributed by atoms with Gasteiger partial charge in [0.25, 0.3) is 0 Å². The SMILES string of the molecule is Clc1nccnc1-c1cn[nH]c1. The summed E-state index contributed by atoms with van der Waals surface area (Å²) in [5, 5.41) is 6.86. The molecule has 0 aromatic carbocycles. The van der Waals surface area contributed by atoms with Crippen molar-refractivity contribution in [3.8, 4) is 11.3 Å². The van der Waals surface area contributed by atoms with Crippen LogP contribution in [-0.4, -0.2) is 20.2 Å². The van der Waals surface area contributed by atoms with E-state index in [1.807, 2.05) is 0 Å². The molecule has 60 valence electrons. The lowest BCUT2D eigenvalue weighted by Crippen LogP contribution is -1.84. The Bertz CT molecular complexity index is 371. The summed E-state index contributed by atoms with van der Waals surface area (Å²) in [5.74, 6) is 0. The van der Waals surface area contributed by atoms with Crippen LogP contribution in [0.25, 0.3) is 11.3 Å². The van der Waals surface area contributed by atoms with Gasteiger partial charge in [0.1, 0.15) is 5.69 Å². The van der Waals surface area contributed by atoms with Crippen molar-refractivity contribution in [1.82, 2.24) is 20.2 Å². The second-order valence-electron chi connectivity index (χ2n) is 2.18. The first-order valence-corrected chi connectivity index (χ1v) is 3.71. The summed E-state index contributed by atoms with van der Waals surface area (Å²) in [4.78, 5) is 7.96. The topological polar surface area (TPSA) is 54.5 Å². The van der Waals surface area contributed by atoms with Crippen molar-refractivity contribution in [3.05, 3.63) is 29.9 Å². The van der Waals surface area contributed by atoms with E-state index in [4.69, 9.17) is 11.6 Å². The molecule has 4 nitrogen and oxygen atoms in total. The lowest BCUT2D eigenvalue weighted by Gasteiger charge is -1.95. The quantitative estimate of drug-likeness (QED) is 0.724. The van der Waals surface area contributed by atoms with Gasteiger partial charge in [-0.15, -0.1) is 0 Å². The Kier molecular flexibility index (Phi) is 1.75. The van der Waals surface area contributed by atoms with Gasteiger partial charge >= 0.3 is 0 Å². The van der Waals surface area contributed by atoms with Crippen LogP contribution in [0.3, 0.4) is 0 Å². The van der Waals surface area contributed by atoms with Crippen LogP contribution in [0.4, 0.5) is 0 Å². The van der Waals surface area contributed by atoms with Crippen molar-refractivity contribution < 1.29 is 0 Å². The Morgan fingerprint density at radius 1 is 1.25 bits per heavy atom. The molecule has 0 unspecified atom stereocenters. The molecule has 0 aliphatic rings. The third-order valence-corrected chi connectivity index (χ3v) is 1.70. The molecule has 0 spiro atoms. The first-order valence-electron chi connectivity index (χ1n) is 3.33. The maximum Gasteiger partial charge on any atom is 0.155 e. The first kappa shape index (κ1) is 7.24. The Labute approximate surface area is 73.6 Å². The van der Waals surface area contributed by atoms with Crippen LogP contribution < -0.4 is 0 Å². The van der Waals surface area contributed by atoms with Crippen LogP contribution >= 0.6 is 11.6 Å². The van der Waals surface area contributed by atoms with Gasteiger partial charge in [-0.1, -0.05) is 11.6 Å². The fourth-order valence-electron chi connectivity index (χ4n) is 0.895. The number of H-pyrrole nitrogens is 1. The van der Waals surface area contributed by atoms with Crippen LogP contribution in [-0.2, 0) is 0 Å². The fraction of sp³-hybridized carbons (Fsp3) is 0. The zero-order chi connectivity index (χ0) is 8.39. The van der Waals surface area contributed by atoms with Crippen LogP contribution in [0.5, 0.6) is 0 Å². The zero-order valence-corrected chi connectivity index (χ0v) is 6.78. The summed E-state index contributed by atoms with van der Waals surface area (Å²) in [6.45, 7) is 0. The second-order valence-corrected chi connectivity index (χ2v) is 2.54. The van der Waals surface area contributed by atoms with E-state index in [-0.39, 0.29) is 0 Å². The van der Waals surface area contributed by atoms with Gasteiger partial charge in [-0.05, 0) is 0 Å². The van der Waals surface area contributed by atoms with Crippen LogP contribution in [0, 0.1) is 0 Å². The average Bonchev–Trinajstić information content (AvgIpc) is 2.57. The molecule has 0 amide bonds. The monoisotopic (exact) mass is 180 g/mol. The molecule has 2 rings (SSSR count). The molecule has 0 bridgehead atoms. The van der Waals surface area contributed by atoms with Crippen molar-refractivity contribution in [2.75, 3.05) is 0 Å². The second kappa shape index (κ2) is 2.91. The van der Waals surface area contributed by atoms with Crippen molar-refractivity contribution in [3.63, 3.8) is 0 Å². The third-order valence-electron chi connectivity index (χ3n) is 1.43. The summed E-state index contributed by atoms with van der Waals surface area (Å²) in [6, 6.07) is 0. The Balaban J connectivity index is 2.55. The van der Waals surface area contributed by atoms with E-state index in [1.165, 1.54) is 0 Å². The summed E-state index contributed by atoms with van der Waals surface area (Å²) < 4.78 is 0. The molecule has 2 aromatic heterocycles. The summed E-state index contributed by atoms with van der Waals surface area (Å²) in [5.41, 5.74) is 1.49. The minimum absolute atomic E-state index is 0.388. The van der Waals surface area contributed by atoms with Crippen LogP contribution in [0.2, 0.25) is 5.15 Å². The Hall–Kier alpha value is -1.42. The highest BCUT2D eigenvalue weighted by Gasteiger charge is 2.04. The molecule has 0 aliphatic heterocycles. The maximum absolute atomic E-state index is 5.80. The van der Waals surface area contributed by atoms with Crippen molar-refractivity contribution in [2.45, 2.75) is 0 Å². The van der Waals surface area contributed by atoms with E-state index in [1.54, 1.807) is 24.8 Å². The van der Waals surface area contributed by atoms with Crippen molar-refractivity contribution >= 4 is 11.6 Å². The molecule has 2 heterocycles.